The minimum Gasteiger partial charge on any atom is -0.479 e. The second-order valence-corrected chi connectivity index (χ2v) is 10.8. The van der Waals surface area contributed by atoms with Crippen LogP contribution in [-0.4, -0.2) is 55.5 Å². The van der Waals surface area contributed by atoms with Crippen LogP contribution in [-0.2, 0) is 19.1 Å². The Morgan fingerprint density at radius 2 is 1.76 bits per heavy atom. The van der Waals surface area contributed by atoms with Crippen molar-refractivity contribution in [2.45, 2.75) is 47.7 Å². The van der Waals surface area contributed by atoms with Crippen molar-refractivity contribution in [3.8, 4) is 0 Å². The number of aliphatic carboxylic acids is 1. The molecule has 0 bridgehead atoms. The van der Waals surface area contributed by atoms with Crippen molar-refractivity contribution in [3.05, 3.63) is 71.3 Å². The van der Waals surface area contributed by atoms with Gasteiger partial charge in [-0.1, -0.05) is 48.5 Å². The molecule has 9 nitrogen and oxygen atoms in total. The van der Waals surface area contributed by atoms with Gasteiger partial charge in [0.05, 0.1) is 10.3 Å². The van der Waals surface area contributed by atoms with Crippen LogP contribution in [0.4, 0.5) is 0 Å². The smallest absolute Gasteiger partial charge is 0.339 e. The lowest BCUT2D eigenvalue weighted by atomic mass is 9.74. The average molecular weight is 482 g/mol. The third kappa shape index (κ3) is 2.85. The van der Waals surface area contributed by atoms with E-state index in [2.05, 4.69) is 5.32 Å². The van der Waals surface area contributed by atoms with E-state index in [4.69, 9.17) is 10.5 Å². The van der Waals surface area contributed by atoms with Crippen molar-refractivity contribution in [1.29, 1.82) is 0 Å². The SMILES string of the molecule is CC1(C)S[C@@H]2C(NC(=O)C(N)c3ccccc3)C(=O)N2[C@]1(C(=O)O)C1OC(=O)c2ccccc21. The lowest BCUT2D eigenvalue weighted by Gasteiger charge is -2.51. The first kappa shape index (κ1) is 22.4. The minimum absolute atomic E-state index is 0.282. The zero-order chi connectivity index (χ0) is 24.4. The number of nitrogens with one attached hydrogen (secondary N) is 1. The molecule has 3 unspecified atom stereocenters. The molecule has 34 heavy (non-hydrogen) atoms. The molecule has 3 heterocycles. The topological polar surface area (TPSA) is 139 Å². The Labute approximate surface area is 199 Å². The van der Waals surface area contributed by atoms with E-state index in [0.717, 1.165) is 0 Å². The fraction of sp³-hybridized carbons (Fsp3) is 0.333. The Bertz CT molecular complexity index is 1220. The first-order chi connectivity index (χ1) is 16.1. The van der Waals surface area contributed by atoms with Gasteiger partial charge in [0.25, 0.3) is 0 Å². The quantitative estimate of drug-likeness (QED) is 0.432. The Hall–Kier alpha value is -3.37. The number of carboxylic acids is 1. The van der Waals surface area contributed by atoms with Crippen molar-refractivity contribution >= 4 is 35.5 Å². The Kier molecular flexibility index (Phi) is 4.99. The molecule has 5 rings (SSSR count). The van der Waals surface area contributed by atoms with E-state index in [0.29, 0.717) is 11.1 Å². The van der Waals surface area contributed by atoms with Crippen molar-refractivity contribution in [2.75, 3.05) is 0 Å². The maximum atomic E-state index is 13.3. The fourth-order valence-corrected chi connectivity index (χ4v) is 6.97. The van der Waals surface area contributed by atoms with Crippen LogP contribution in [0.3, 0.4) is 0 Å². The number of amides is 2. The molecule has 2 aromatic rings. The van der Waals surface area contributed by atoms with Crippen LogP contribution in [0.25, 0.3) is 0 Å². The van der Waals surface area contributed by atoms with Gasteiger partial charge in [-0.2, -0.15) is 0 Å². The highest BCUT2D eigenvalue weighted by molar-refractivity contribution is 8.01. The maximum absolute atomic E-state index is 13.3. The molecular formula is C24H23N3O6S. The maximum Gasteiger partial charge on any atom is 0.339 e. The summed E-state index contributed by atoms with van der Waals surface area (Å²) in [6.07, 6.45) is -1.19. The van der Waals surface area contributed by atoms with Crippen LogP contribution in [0.2, 0.25) is 0 Å². The third-order valence-electron chi connectivity index (χ3n) is 6.89. The van der Waals surface area contributed by atoms with Crippen LogP contribution >= 0.6 is 11.8 Å². The molecule has 0 saturated carbocycles. The Morgan fingerprint density at radius 1 is 1.12 bits per heavy atom. The number of fused-ring (bicyclic) bond motifs is 2. The summed E-state index contributed by atoms with van der Waals surface area (Å²) < 4.78 is 4.54. The number of esters is 1. The number of rotatable bonds is 5. The fourth-order valence-electron chi connectivity index (χ4n) is 5.20. The van der Waals surface area contributed by atoms with E-state index < -0.39 is 57.6 Å². The molecule has 3 aliphatic rings. The Balaban J connectivity index is 1.47. The zero-order valence-electron chi connectivity index (χ0n) is 18.4. The number of β-lactam (4-membered cyclic amide) rings is 1. The second kappa shape index (κ2) is 7.57. The molecule has 5 atom stereocenters. The van der Waals surface area contributed by atoms with Gasteiger partial charge in [-0.05, 0) is 25.5 Å². The number of carboxylic acid groups (broad SMARTS) is 1. The summed E-state index contributed by atoms with van der Waals surface area (Å²) in [5.41, 5.74) is 5.52. The molecule has 2 aromatic carbocycles. The summed E-state index contributed by atoms with van der Waals surface area (Å²) in [7, 11) is 0. The van der Waals surface area contributed by atoms with Crippen LogP contribution in [0.15, 0.2) is 54.6 Å². The molecule has 0 aromatic heterocycles. The monoisotopic (exact) mass is 481 g/mol. The molecule has 3 aliphatic heterocycles. The number of thioether (sulfide) groups is 1. The largest absolute Gasteiger partial charge is 0.479 e. The van der Waals surface area contributed by atoms with Crippen LogP contribution in [0.1, 0.15) is 47.5 Å². The normalized spacial score (nSPS) is 29.5. The predicted octanol–water partition coefficient (Wildman–Crippen LogP) is 1.60. The van der Waals surface area contributed by atoms with Gasteiger partial charge in [0.1, 0.15) is 17.5 Å². The molecule has 2 fully saturated rings. The molecule has 0 spiro atoms. The number of hydrogen-bond acceptors (Lipinski definition) is 7. The van der Waals surface area contributed by atoms with E-state index in [1.165, 1.54) is 16.7 Å². The number of cyclic esters (lactones) is 1. The third-order valence-corrected chi connectivity index (χ3v) is 8.51. The van der Waals surface area contributed by atoms with Gasteiger partial charge in [-0.25, -0.2) is 9.59 Å². The summed E-state index contributed by atoms with van der Waals surface area (Å²) in [5, 5.41) is 12.5. The van der Waals surface area contributed by atoms with Crippen LogP contribution in [0, 0.1) is 0 Å². The zero-order valence-corrected chi connectivity index (χ0v) is 19.2. The highest BCUT2D eigenvalue weighted by Gasteiger charge is 2.77. The van der Waals surface area contributed by atoms with Gasteiger partial charge in [-0.15, -0.1) is 11.8 Å². The van der Waals surface area contributed by atoms with E-state index in [9.17, 15) is 24.3 Å². The first-order valence-electron chi connectivity index (χ1n) is 10.8. The van der Waals surface area contributed by atoms with Crippen molar-refractivity contribution in [2.24, 2.45) is 5.73 Å². The summed E-state index contributed by atoms with van der Waals surface area (Å²) >= 11 is 1.25. The summed E-state index contributed by atoms with van der Waals surface area (Å²) in [4.78, 5) is 52.8. The van der Waals surface area contributed by atoms with Gasteiger partial charge in [0, 0.05) is 5.56 Å². The number of hydrogen-bond donors (Lipinski definition) is 3. The van der Waals surface area contributed by atoms with Crippen LogP contribution < -0.4 is 11.1 Å². The number of carbonyl (C=O) groups excluding carboxylic acids is 3. The molecule has 176 valence electrons. The highest BCUT2D eigenvalue weighted by Crippen LogP contribution is 2.62. The van der Waals surface area contributed by atoms with Gasteiger partial charge < -0.3 is 25.8 Å². The summed E-state index contributed by atoms with van der Waals surface area (Å²) in [5.74, 6) is -2.99. The van der Waals surface area contributed by atoms with E-state index in [1.54, 1.807) is 68.4 Å². The van der Waals surface area contributed by atoms with Gasteiger partial charge in [0.15, 0.2) is 11.6 Å². The average Bonchev–Trinajstić information content (AvgIpc) is 3.27. The second-order valence-electron chi connectivity index (χ2n) is 9.05. The van der Waals surface area contributed by atoms with Gasteiger partial charge >= 0.3 is 11.9 Å². The molecule has 2 amide bonds. The number of ether oxygens (including phenoxy) is 1. The number of benzene rings is 2. The highest BCUT2D eigenvalue weighted by atomic mass is 32.2. The van der Waals surface area contributed by atoms with Crippen LogP contribution in [0.5, 0.6) is 0 Å². The van der Waals surface area contributed by atoms with Gasteiger partial charge in [-0.3, -0.25) is 9.59 Å². The van der Waals surface area contributed by atoms with E-state index in [-0.39, 0.29) is 5.56 Å². The number of nitrogens with zero attached hydrogens (tertiary/aromatic N) is 1. The van der Waals surface area contributed by atoms with Gasteiger partial charge in [0.2, 0.25) is 11.8 Å². The van der Waals surface area contributed by atoms with E-state index >= 15 is 0 Å². The minimum atomic E-state index is -1.86. The predicted molar refractivity (Wildman–Crippen MR) is 123 cm³/mol. The molecule has 2 saturated heterocycles. The van der Waals surface area contributed by atoms with Crippen molar-refractivity contribution < 1.29 is 29.0 Å². The van der Waals surface area contributed by atoms with E-state index in [1.807, 2.05) is 0 Å². The molecule has 4 N–H and O–H groups in total. The molecular weight excluding hydrogens is 458 g/mol. The summed E-state index contributed by atoms with van der Waals surface area (Å²) in [6, 6.07) is 13.4. The summed E-state index contributed by atoms with van der Waals surface area (Å²) in [6.45, 7) is 3.42. The number of nitrogens with two attached hydrogens (primary N) is 1. The lowest BCUT2D eigenvalue weighted by molar-refractivity contribution is -0.182. The lowest BCUT2D eigenvalue weighted by Crippen LogP contribution is -2.77. The molecule has 0 radical (unpaired) electrons. The first-order valence-corrected chi connectivity index (χ1v) is 11.6. The van der Waals surface area contributed by atoms with Crippen molar-refractivity contribution in [3.63, 3.8) is 0 Å². The molecule has 0 aliphatic carbocycles. The van der Waals surface area contributed by atoms with Crippen molar-refractivity contribution in [1.82, 2.24) is 10.2 Å². The standard InChI is InChI=1S/C24H23N3O6S/c1-23(2)24(22(31)32,17-13-10-6-7-11-14(13)21(30)33-17)27-19(29)16(20(27)34-23)26-18(28)15(25)12-8-4-3-5-9-12/h3-11,15-17,20H,25H2,1-2H3,(H,26,28)(H,31,32)/t15?,16?,17?,20-,24+/m1/s1. The number of carbonyl (C=O) groups is 4. The molecule has 10 heteroatoms. The Morgan fingerprint density at radius 3 is 2.44 bits per heavy atom.